The number of nitrogens with one attached hydrogen (secondary N) is 1. The second-order valence-corrected chi connectivity index (χ2v) is 6.24. The normalized spacial score (nSPS) is 26.0. The highest BCUT2D eigenvalue weighted by atomic mass is 32.2. The minimum Gasteiger partial charge on any atom is -0.356 e. The fraction of sp³-hybridized carbons (Fsp3) is 0.778. The summed E-state index contributed by atoms with van der Waals surface area (Å²) in [5.41, 5.74) is 2.14. The van der Waals surface area contributed by atoms with Crippen molar-refractivity contribution in [2.24, 2.45) is 5.41 Å². The lowest BCUT2D eigenvalue weighted by Gasteiger charge is -2.38. The molecule has 14 heavy (non-hydrogen) atoms. The van der Waals surface area contributed by atoms with Crippen molar-refractivity contribution in [2.45, 2.75) is 26.3 Å². The van der Waals surface area contributed by atoms with E-state index < -0.39 is 0 Å². The second kappa shape index (κ2) is 4.06. The molecule has 0 saturated carbocycles. The van der Waals surface area contributed by atoms with Crippen molar-refractivity contribution in [1.82, 2.24) is 10.2 Å². The third-order valence-electron chi connectivity index (χ3n) is 2.78. The zero-order valence-corrected chi connectivity index (χ0v) is 10.1. The SMILES string of the molecule is CC1(C)CCSCC1Nc1nncs1. The van der Waals surface area contributed by atoms with E-state index in [-0.39, 0.29) is 0 Å². The Kier molecular flexibility index (Phi) is 2.97. The lowest BCUT2D eigenvalue weighted by Crippen LogP contribution is -2.41. The van der Waals surface area contributed by atoms with Gasteiger partial charge in [0.1, 0.15) is 5.51 Å². The van der Waals surface area contributed by atoms with Gasteiger partial charge in [0, 0.05) is 11.8 Å². The molecule has 78 valence electrons. The van der Waals surface area contributed by atoms with Crippen LogP contribution < -0.4 is 5.32 Å². The van der Waals surface area contributed by atoms with Crippen LogP contribution in [0.1, 0.15) is 20.3 Å². The Morgan fingerprint density at radius 3 is 3.07 bits per heavy atom. The van der Waals surface area contributed by atoms with Crippen molar-refractivity contribution in [1.29, 1.82) is 0 Å². The van der Waals surface area contributed by atoms with Gasteiger partial charge < -0.3 is 5.32 Å². The average Bonchev–Trinajstić information content (AvgIpc) is 2.61. The van der Waals surface area contributed by atoms with Crippen LogP contribution in [-0.2, 0) is 0 Å². The van der Waals surface area contributed by atoms with Crippen LogP contribution in [0.5, 0.6) is 0 Å². The van der Waals surface area contributed by atoms with Crippen molar-refractivity contribution in [3.8, 4) is 0 Å². The van der Waals surface area contributed by atoms with Crippen LogP contribution in [0.3, 0.4) is 0 Å². The average molecular weight is 229 g/mol. The van der Waals surface area contributed by atoms with Gasteiger partial charge in [-0.05, 0) is 17.6 Å². The lowest BCUT2D eigenvalue weighted by atomic mass is 9.82. The highest BCUT2D eigenvalue weighted by molar-refractivity contribution is 7.99. The second-order valence-electron chi connectivity index (χ2n) is 4.25. The molecular formula is C9H15N3S2. The Labute approximate surface area is 92.7 Å². The summed E-state index contributed by atoms with van der Waals surface area (Å²) in [6.45, 7) is 4.65. The number of nitrogens with zero attached hydrogens (tertiary/aromatic N) is 2. The van der Waals surface area contributed by atoms with E-state index in [1.807, 2.05) is 11.8 Å². The number of aromatic nitrogens is 2. The van der Waals surface area contributed by atoms with Crippen LogP contribution in [0, 0.1) is 5.41 Å². The van der Waals surface area contributed by atoms with Crippen molar-refractivity contribution in [2.75, 3.05) is 16.8 Å². The Morgan fingerprint density at radius 1 is 1.57 bits per heavy atom. The predicted molar refractivity (Wildman–Crippen MR) is 63.0 cm³/mol. The maximum Gasteiger partial charge on any atom is 0.205 e. The summed E-state index contributed by atoms with van der Waals surface area (Å²) in [5, 5.41) is 12.3. The van der Waals surface area contributed by atoms with E-state index >= 15 is 0 Å². The molecule has 0 bridgehead atoms. The number of anilines is 1. The van der Waals surface area contributed by atoms with Gasteiger partial charge in [0.05, 0.1) is 0 Å². The van der Waals surface area contributed by atoms with Gasteiger partial charge in [-0.3, -0.25) is 0 Å². The van der Waals surface area contributed by atoms with E-state index in [1.165, 1.54) is 17.9 Å². The van der Waals surface area contributed by atoms with Gasteiger partial charge in [-0.2, -0.15) is 11.8 Å². The molecule has 5 heteroatoms. The van der Waals surface area contributed by atoms with Crippen LogP contribution in [-0.4, -0.2) is 27.7 Å². The molecule has 1 N–H and O–H groups in total. The number of hydrogen-bond acceptors (Lipinski definition) is 5. The monoisotopic (exact) mass is 229 g/mol. The molecule has 1 aliphatic heterocycles. The standard InChI is InChI=1S/C9H15N3S2/c1-9(2)3-4-13-5-7(9)11-8-12-10-6-14-8/h6-7H,3-5H2,1-2H3,(H,11,12). The van der Waals surface area contributed by atoms with Crippen LogP contribution in [0.25, 0.3) is 0 Å². The molecule has 0 spiro atoms. The molecule has 1 unspecified atom stereocenters. The molecule has 0 aliphatic carbocycles. The maximum absolute atomic E-state index is 4.02. The molecule has 1 atom stereocenters. The molecule has 2 heterocycles. The summed E-state index contributed by atoms with van der Waals surface area (Å²) in [7, 11) is 0. The first-order chi connectivity index (χ1) is 6.68. The fourth-order valence-corrected chi connectivity index (χ4v) is 3.66. The Bertz CT molecular complexity index is 284. The molecule has 1 saturated heterocycles. The molecule has 0 radical (unpaired) electrons. The van der Waals surface area contributed by atoms with Gasteiger partial charge >= 0.3 is 0 Å². The molecule has 0 aromatic carbocycles. The minimum atomic E-state index is 0.372. The first kappa shape index (κ1) is 10.2. The first-order valence-electron chi connectivity index (χ1n) is 4.79. The number of thioether (sulfide) groups is 1. The summed E-state index contributed by atoms with van der Waals surface area (Å²) >= 11 is 3.60. The predicted octanol–water partition coefficient (Wildman–Crippen LogP) is 2.48. The molecule has 0 amide bonds. The van der Waals surface area contributed by atoms with Crippen molar-refractivity contribution < 1.29 is 0 Å². The molecule has 1 aliphatic rings. The number of hydrogen-bond donors (Lipinski definition) is 1. The summed E-state index contributed by atoms with van der Waals surface area (Å²) in [6.07, 6.45) is 1.27. The van der Waals surface area contributed by atoms with Gasteiger partial charge in [0.25, 0.3) is 0 Å². The molecule has 2 rings (SSSR count). The Morgan fingerprint density at radius 2 is 2.43 bits per heavy atom. The van der Waals surface area contributed by atoms with Gasteiger partial charge in [0.2, 0.25) is 5.13 Å². The van der Waals surface area contributed by atoms with Crippen molar-refractivity contribution in [3.63, 3.8) is 0 Å². The quantitative estimate of drug-likeness (QED) is 0.845. The molecule has 1 aromatic rings. The lowest BCUT2D eigenvalue weighted by molar-refractivity contribution is 0.305. The van der Waals surface area contributed by atoms with Gasteiger partial charge in [-0.15, -0.1) is 10.2 Å². The first-order valence-corrected chi connectivity index (χ1v) is 6.82. The van der Waals surface area contributed by atoms with E-state index in [4.69, 9.17) is 0 Å². The van der Waals surface area contributed by atoms with Crippen molar-refractivity contribution >= 4 is 28.2 Å². The summed E-state index contributed by atoms with van der Waals surface area (Å²) in [6, 6.07) is 0.522. The van der Waals surface area contributed by atoms with Gasteiger partial charge in [-0.1, -0.05) is 25.2 Å². The van der Waals surface area contributed by atoms with E-state index in [2.05, 4.69) is 29.4 Å². The highest BCUT2D eigenvalue weighted by Crippen LogP contribution is 2.36. The van der Waals surface area contributed by atoms with Crippen LogP contribution in [0.2, 0.25) is 0 Å². The third-order valence-corrected chi connectivity index (χ3v) is 4.46. The fourth-order valence-electron chi connectivity index (χ4n) is 1.56. The minimum absolute atomic E-state index is 0.372. The molecule has 1 aromatic heterocycles. The largest absolute Gasteiger partial charge is 0.356 e. The van der Waals surface area contributed by atoms with E-state index in [0.717, 1.165) is 5.13 Å². The van der Waals surface area contributed by atoms with Crippen LogP contribution in [0.15, 0.2) is 5.51 Å². The Balaban J connectivity index is 2.02. The highest BCUT2D eigenvalue weighted by Gasteiger charge is 2.32. The van der Waals surface area contributed by atoms with Crippen LogP contribution >= 0.6 is 23.1 Å². The smallest absolute Gasteiger partial charge is 0.205 e. The maximum atomic E-state index is 4.02. The third kappa shape index (κ3) is 2.20. The molecule has 1 fully saturated rings. The van der Waals surface area contributed by atoms with E-state index in [9.17, 15) is 0 Å². The van der Waals surface area contributed by atoms with Crippen LogP contribution in [0.4, 0.5) is 5.13 Å². The summed E-state index contributed by atoms with van der Waals surface area (Å²) < 4.78 is 0. The Hall–Kier alpha value is -0.290. The molecular weight excluding hydrogens is 214 g/mol. The topological polar surface area (TPSA) is 37.8 Å². The van der Waals surface area contributed by atoms with Crippen molar-refractivity contribution in [3.05, 3.63) is 5.51 Å². The van der Waals surface area contributed by atoms with Gasteiger partial charge in [0.15, 0.2) is 0 Å². The zero-order chi connectivity index (χ0) is 10.0. The van der Waals surface area contributed by atoms with E-state index in [1.54, 1.807) is 16.8 Å². The summed E-state index contributed by atoms with van der Waals surface area (Å²) in [4.78, 5) is 0. The van der Waals surface area contributed by atoms with Gasteiger partial charge in [-0.25, -0.2) is 0 Å². The number of rotatable bonds is 2. The zero-order valence-electron chi connectivity index (χ0n) is 8.49. The summed E-state index contributed by atoms with van der Waals surface area (Å²) in [5.74, 6) is 2.45. The molecule has 3 nitrogen and oxygen atoms in total. The van der Waals surface area contributed by atoms with E-state index in [0.29, 0.717) is 11.5 Å².